The zero-order chi connectivity index (χ0) is 12.5. The number of halogens is 1. The van der Waals surface area contributed by atoms with Crippen LogP contribution in [0, 0.1) is 17.2 Å². The van der Waals surface area contributed by atoms with Crippen LogP contribution < -0.4 is 0 Å². The molecule has 1 saturated carbocycles. The summed E-state index contributed by atoms with van der Waals surface area (Å²) < 4.78 is 12.8. The van der Waals surface area contributed by atoms with E-state index in [-0.39, 0.29) is 22.9 Å². The van der Waals surface area contributed by atoms with Crippen molar-refractivity contribution in [2.24, 2.45) is 11.3 Å². The van der Waals surface area contributed by atoms with Crippen LogP contribution in [0.2, 0.25) is 0 Å². The summed E-state index contributed by atoms with van der Waals surface area (Å²) in [5.41, 5.74) is 0.718. The minimum atomic E-state index is -0.288. The van der Waals surface area contributed by atoms with E-state index < -0.39 is 0 Å². The Morgan fingerprint density at radius 2 is 1.88 bits per heavy atom. The fourth-order valence-electron chi connectivity index (χ4n) is 2.80. The molecule has 0 saturated heterocycles. The van der Waals surface area contributed by atoms with Gasteiger partial charge in [0.1, 0.15) is 5.82 Å². The molecule has 2 rings (SSSR count). The highest BCUT2D eigenvalue weighted by molar-refractivity contribution is 5.98. The zero-order valence-electron chi connectivity index (χ0n) is 10.5. The third kappa shape index (κ3) is 2.56. The van der Waals surface area contributed by atoms with Crippen LogP contribution in [-0.2, 0) is 0 Å². The summed E-state index contributed by atoms with van der Waals surface area (Å²) in [6.07, 6.45) is 4.40. The van der Waals surface area contributed by atoms with Gasteiger partial charge in [0.15, 0.2) is 5.78 Å². The predicted octanol–water partition coefficient (Wildman–Crippen LogP) is 4.22. The van der Waals surface area contributed by atoms with Crippen molar-refractivity contribution in [2.75, 3.05) is 0 Å². The van der Waals surface area contributed by atoms with E-state index in [0.717, 1.165) is 19.3 Å². The van der Waals surface area contributed by atoms with Gasteiger partial charge in [-0.2, -0.15) is 0 Å². The summed E-state index contributed by atoms with van der Waals surface area (Å²) in [7, 11) is 0. The molecule has 1 unspecified atom stereocenters. The normalized spacial score (nSPS) is 23.4. The van der Waals surface area contributed by atoms with E-state index >= 15 is 0 Å². The van der Waals surface area contributed by atoms with Crippen LogP contribution in [0.15, 0.2) is 24.3 Å². The van der Waals surface area contributed by atoms with Gasteiger partial charge in [-0.05, 0) is 42.5 Å². The molecule has 1 aromatic rings. The quantitative estimate of drug-likeness (QED) is 0.700. The summed E-state index contributed by atoms with van der Waals surface area (Å²) in [4.78, 5) is 12.4. The topological polar surface area (TPSA) is 17.1 Å². The van der Waals surface area contributed by atoms with Gasteiger partial charge in [-0.15, -0.1) is 0 Å². The Morgan fingerprint density at radius 1 is 1.24 bits per heavy atom. The molecule has 1 aromatic carbocycles. The Balaban J connectivity index is 2.21. The number of carbonyl (C=O) groups excluding carboxylic acids is 1. The zero-order valence-corrected chi connectivity index (χ0v) is 10.5. The maximum absolute atomic E-state index is 12.8. The fourth-order valence-corrected chi connectivity index (χ4v) is 2.80. The van der Waals surface area contributed by atoms with Crippen molar-refractivity contribution in [3.05, 3.63) is 35.6 Å². The van der Waals surface area contributed by atoms with E-state index in [4.69, 9.17) is 0 Å². The third-order valence-corrected chi connectivity index (χ3v) is 3.95. The van der Waals surface area contributed by atoms with Crippen molar-refractivity contribution in [1.82, 2.24) is 0 Å². The molecule has 1 atom stereocenters. The van der Waals surface area contributed by atoms with Crippen LogP contribution in [-0.4, -0.2) is 5.78 Å². The summed E-state index contributed by atoms with van der Waals surface area (Å²) in [5.74, 6) is -0.0270. The second-order valence-corrected chi connectivity index (χ2v) is 5.66. The molecule has 0 aliphatic heterocycles. The Morgan fingerprint density at radius 3 is 2.47 bits per heavy atom. The van der Waals surface area contributed by atoms with Crippen molar-refractivity contribution in [2.45, 2.75) is 39.5 Å². The first-order valence-electron chi connectivity index (χ1n) is 6.30. The van der Waals surface area contributed by atoms with Crippen molar-refractivity contribution < 1.29 is 9.18 Å². The lowest BCUT2D eigenvalue weighted by molar-refractivity contribution is 0.0697. The molecular formula is C15H19FO. The van der Waals surface area contributed by atoms with Gasteiger partial charge in [0.2, 0.25) is 0 Å². The first-order chi connectivity index (χ1) is 8.00. The molecule has 0 radical (unpaired) electrons. The molecule has 0 N–H and O–H groups in total. The van der Waals surface area contributed by atoms with Crippen LogP contribution in [0.4, 0.5) is 4.39 Å². The van der Waals surface area contributed by atoms with Crippen molar-refractivity contribution in [3.8, 4) is 0 Å². The Hall–Kier alpha value is -1.18. The molecule has 1 nitrogen and oxygen atoms in total. The molecule has 92 valence electrons. The highest BCUT2D eigenvalue weighted by Gasteiger charge is 2.37. The third-order valence-electron chi connectivity index (χ3n) is 3.95. The number of Topliss-reactive ketones (excluding diaryl/α,β-unsaturated/α-hetero) is 1. The molecule has 0 spiro atoms. The van der Waals surface area contributed by atoms with E-state index in [0.29, 0.717) is 5.56 Å². The van der Waals surface area contributed by atoms with Crippen molar-refractivity contribution >= 4 is 5.78 Å². The number of ketones is 1. The molecule has 0 heterocycles. The Bertz CT molecular complexity index is 405. The van der Waals surface area contributed by atoms with Gasteiger partial charge in [0.25, 0.3) is 0 Å². The average molecular weight is 234 g/mol. The maximum atomic E-state index is 12.8. The van der Waals surface area contributed by atoms with Crippen LogP contribution >= 0.6 is 0 Å². The first kappa shape index (κ1) is 12.3. The summed E-state index contributed by atoms with van der Waals surface area (Å²) in [6.45, 7) is 4.33. The summed E-state index contributed by atoms with van der Waals surface area (Å²) >= 11 is 0. The van der Waals surface area contributed by atoms with E-state index in [1.54, 1.807) is 12.1 Å². The van der Waals surface area contributed by atoms with Crippen molar-refractivity contribution in [3.63, 3.8) is 0 Å². The van der Waals surface area contributed by atoms with Gasteiger partial charge in [-0.1, -0.05) is 26.7 Å². The molecule has 0 aromatic heterocycles. The number of rotatable bonds is 2. The van der Waals surface area contributed by atoms with E-state index in [1.807, 2.05) is 0 Å². The first-order valence-corrected chi connectivity index (χ1v) is 6.30. The van der Waals surface area contributed by atoms with Gasteiger partial charge in [-0.25, -0.2) is 4.39 Å². The largest absolute Gasteiger partial charge is 0.294 e. The number of hydrogen-bond donors (Lipinski definition) is 0. The van der Waals surface area contributed by atoms with Gasteiger partial charge in [-0.3, -0.25) is 4.79 Å². The molecule has 17 heavy (non-hydrogen) atoms. The number of hydrogen-bond acceptors (Lipinski definition) is 1. The molecule has 0 amide bonds. The van der Waals surface area contributed by atoms with E-state index in [9.17, 15) is 9.18 Å². The standard InChI is InChI=1S/C15H19FO/c1-15(2)10-4-3-5-13(15)14(17)11-6-8-12(16)9-7-11/h6-9,13H,3-5,10H2,1-2H3. The lowest BCUT2D eigenvalue weighted by Crippen LogP contribution is -2.34. The number of carbonyl (C=O) groups is 1. The van der Waals surface area contributed by atoms with Crippen molar-refractivity contribution in [1.29, 1.82) is 0 Å². The number of benzene rings is 1. The lowest BCUT2D eigenvalue weighted by Gasteiger charge is -2.37. The summed E-state index contributed by atoms with van der Waals surface area (Å²) in [5, 5.41) is 0. The minimum Gasteiger partial charge on any atom is -0.294 e. The van der Waals surface area contributed by atoms with Gasteiger partial charge in [0.05, 0.1) is 0 Å². The molecule has 0 bridgehead atoms. The highest BCUT2D eigenvalue weighted by Crippen LogP contribution is 2.42. The predicted molar refractivity (Wildman–Crippen MR) is 66.5 cm³/mol. The minimum absolute atomic E-state index is 0.0731. The van der Waals surface area contributed by atoms with Gasteiger partial charge < -0.3 is 0 Å². The second-order valence-electron chi connectivity index (χ2n) is 5.66. The van der Waals surface area contributed by atoms with Crippen LogP contribution in [0.3, 0.4) is 0 Å². The van der Waals surface area contributed by atoms with Gasteiger partial charge in [0, 0.05) is 11.5 Å². The molecule has 2 heteroatoms. The van der Waals surface area contributed by atoms with Crippen LogP contribution in [0.5, 0.6) is 0 Å². The molecule has 1 aliphatic rings. The second kappa shape index (κ2) is 4.59. The average Bonchev–Trinajstić information content (AvgIpc) is 2.28. The lowest BCUT2D eigenvalue weighted by atomic mass is 9.66. The highest BCUT2D eigenvalue weighted by atomic mass is 19.1. The molecule has 1 fully saturated rings. The van der Waals surface area contributed by atoms with E-state index in [1.165, 1.54) is 18.6 Å². The van der Waals surface area contributed by atoms with Crippen LogP contribution in [0.1, 0.15) is 49.9 Å². The molecule has 1 aliphatic carbocycles. The Kier molecular flexibility index (Phi) is 3.32. The molecular weight excluding hydrogens is 215 g/mol. The van der Waals surface area contributed by atoms with Crippen LogP contribution in [0.25, 0.3) is 0 Å². The van der Waals surface area contributed by atoms with E-state index in [2.05, 4.69) is 13.8 Å². The SMILES string of the molecule is CC1(C)CCCCC1C(=O)c1ccc(F)cc1. The smallest absolute Gasteiger partial charge is 0.166 e. The maximum Gasteiger partial charge on any atom is 0.166 e. The Labute approximate surface area is 102 Å². The fraction of sp³-hybridized carbons (Fsp3) is 0.533. The monoisotopic (exact) mass is 234 g/mol. The summed E-state index contributed by atoms with van der Waals surface area (Å²) in [6, 6.07) is 5.93. The van der Waals surface area contributed by atoms with Gasteiger partial charge >= 0.3 is 0 Å².